The highest BCUT2D eigenvalue weighted by atomic mass is 79.9. The van der Waals surface area contributed by atoms with Crippen LogP contribution in [-0.2, 0) is 11.3 Å². The molecule has 0 fully saturated rings. The molecule has 2 rings (SSSR count). The molecule has 0 aliphatic heterocycles. The van der Waals surface area contributed by atoms with Crippen molar-refractivity contribution in [1.82, 2.24) is 10.7 Å². The number of hydrogen-bond acceptors (Lipinski definition) is 4. The van der Waals surface area contributed by atoms with E-state index >= 15 is 0 Å². The second-order valence-corrected chi connectivity index (χ2v) is 6.52. The molecule has 0 bridgehead atoms. The van der Waals surface area contributed by atoms with Crippen molar-refractivity contribution >= 4 is 33.5 Å². The summed E-state index contributed by atoms with van der Waals surface area (Å²) in [5.74, 6) is 0.271. The summed E-state index contributed by atoms with van der Waals surface area (Å²) < 4.78 is 5.90. The largest absolute Gasteiger partial charge is 0.497 e. The summed E-state index contributed by atoms with van der Waals surface area (Å²) in [7, 11) is 1.61. The van der Waals surface area contributed by atoms with Crippen LogP contribution in [0.3, 0.4) is 0 Å². The molecular formula is C19H20BrN3O3. The van der Waals surface area contributed by atoms with E-state index in [1.807, 2.05) is 30.3 Å². The molecule has 2 N–H and O–H groups in total. The zero-order valence-corrected chi connectivity index (χ0v) is 16.2. The monoisotopic (exact) mass is 417 g/mol. The van der Waals surface area contributed by atoms with Crippen LogP contribution < -0.4 is 15.5 Å². The highest BCUT2D eigenvalue weighted by Gasteiger charge is 2.07. The summed E-state index contributed by atoms with van der Waals surface area (Å²) in [6.45, 7) is 2.11. The van der Waals surface area contributed by atoms with Crippen molar-refractivity contribution in [2.45, 2.75) is 19.9 Å². The zero-order valence-electron chi connectivity index (χ0n) is 14.6. The van der Waals surface area contributed by atoms with Crippen molar-refractivity contribution in [1.29, 1.82) is 0 Å². The van der Waals surface area contributed by atoms with Crippen molar-refractivity contribution in [3.8, 4) is 5.75 Å². The maximum absolute atomic E-state index is 12.0. The molecule has 0 aromatic heterocycles. The fourth-order valence-electron chi connectivity index (χ4n) is 2.12. The Morgan fingerprint density at radius 3 is 2.54 bits per heavy atom. The molecule has 0 unspecified atom stereocenters. The molecule has 0 aliphatic carbocycles. The molecule has 7 heteroatoms. The fraction of sp³-hybridized carbons (Fsp3) is 0.211. The summed E-state index contributed by atoms with van der Waals surface area (Å²) in [5.41, 5.74) is 4.42. The number of hydrazone groups is 1. The Labute approximate surface area is 160 Å². The maximum Gasteiger partial charge on any atom is 0.271 e. The first kappa shape index (κ1) is 19.7. The number of carbonyl (C=O) groups excluding carboxylic acids is 2. The Morgan fingerprint density at radius 2 is 1.88 bits per heavy atom. The van der Waals surface area contributed by atoms with E-state index in [1.165, 1.54) is 0 Å². The molecule has 2 aromatic carbocycles. The Balaban J connectivity index is 1.80. The van der Waals surface area contributed by atoms with Gasteiger partial charge in [-0.2, -0.15) is 5.10 Å². The molecule has 0 radical (unpaired) electrons. The van der Waals surface area contributed by atoms with Gasteiger partial charge < -0.3 is 10.1 Å². The number of carbonyl (C=O) groups is 2. The average molecular weight is 418 g/mol. The molecule has 0 aliphatic rings. The van der Waals surface area contributed by atoms with Gasteiger partial charge in [0.25, 0.3) is 5.91 Å². The van der Waals surface area contributed by atoms with Gasteiger partial charge in [-0.1, -0.05) is 34.1 Å². The van der Waals surface area contributed by atoms with Crippen LogP contribution in [0.1, 0.15) is 29.3 Å². The average Bonchev–Trinajstić information content (AvgIpc) is 2.65. The van der Waals surface area contributed by atoms with Crippen molar-refractivity contribution in [3.05, 3.63) is 64.1 Å². The van der Waals surface area contributed by atoms with Gasteiger partial charge in [0.1, 0.15) is 5.75 Å². The number of amides is 2. The first-order chi connectivity index (χ1) is 12.5. The second kappa shape index (κ2) is 9.72. The summed E-state index contributed by atoms with van der Waals surface area (Å²) >= 11 is 3.31. The first-order valence-corrected chi connectivity index (χ1v) is 8.76. The van der Waals surface area contributed by atoms with E-state index in [1.54, 1.807) is 32.2 Å². The van der Waals surface area contributed by atoms with Crippen LogP contribution >= 0.6 is 15.9 Å². The van der Waals surface area contributed by atoms with Gasteiger partial charge in [0.15, 0.2) is 0 Å². The quantitative estimate of drug-likeness (QED) is 0.535. The summed E-state index contributed by atoms with van der Waals surface area (Å²) in [6, 6.07) is 14.4. The van der Waals surface area contributed by atoms with Crippen LogP contribution in [0.25, 0.3) is 0 Å². The van der Waals surface area contributed by atoms with E-state index in [0.717, 1.165) is 15.8 Å². The van der Waals surface area contributed by atoms with Crippen LogP contribution in [-0.4, -0.2) is 24.6 Å². The van der Waals surface area contributed by atoms with Gasteiger partial charge in [0, 0.05) is 22.3 Å². The number of benzene rings is 2. The first-order valence-electron chi connectivity index (χ1n) is 7.96. The molecule has 2 amide bonds. The third kappa shape index (κ3) is 6.33. The van der Waals surface area contributed by atoms with Crippen LogP contribution in [0.5, 0.6) is 5.75 Å². The minimum Gasteiger partial charge on any atom is -0.497 e. The van der Waals surface area contributed by atoms with Gasteiger partial charge in [-0.15, -0.1) is 0 Å². The lowest BCUT2D eigenvalue weighted by Gasteiger charge is -2.07. The summed E-state index contributed by atoms with van der Waals surface area (Å²) in [4.78, 5) is 24.0. The van der Waals surface area contributed by atoms with Crippen LogP contribution in [0, 0.1) is 0 Å². The zero-order chi connectivity index (χ0) is 18.9. The van der Waals surface area contributed by atoms with E-state index in [-0.39, 0.29) is 18.2 Å². The standard InChI is InChI=1S/C19H20BrN3O3/c1-13(22-23-19(25)15-4-3-5-16(20)11-15)10-18(24)21-12-14-6-8-17(26-2)9-7-14/h3-9,11H,10,12H2,1-2H3,(H,21,24)(H,23,25)/b22-13-. The molecule has 0 saturated heterocycles. The van der Waals surface area contributed by atoms with E-state index in [0.29, 0.717) is 17.8 Å². The maximum atomic E-state index is 12.0. The van der Waals surface area contributed by atoms with Crippen molar-refractivity contribution in [2.75, 3.05) is 7.11 Å². The third-order valence-electron chi connectivity index (χ3n) is 3.50. The van der Waals surface area contributed by atoms with E-state index in [2.05, 4.69) is 31.8 Å². The lowest BCUT2D eigenvalue weighted by atomic mass is 10.2. The van der Waals surface area contributed by atoms with Crippen LogP contribution in [0.4, 0.5) is 0 Å². The second-order valence-electron chi connectivity index (χ2n) is 5.60. The predicted octanol–water partition coefficient (Wildman–Crippen LogP) is 3.27. The molecule has 136 valence electrons. The van der Waals surface area contributed by atoms with Gasteiger partial charge in [0.2, 0.25) is 5.91 Å². The molecule has 26 heavy (non-hydrogen) atoms. The van der Waals surface area contributed by atoms with Gasteiger partial charge in [-0.05, 0) is 42.8 Å². The van der Waals surface area contributed by atoms with E-state index < -0.39 is 0 Å². The minimum atomic E-state index is -0.329. The summed E-state index contributed by atoms with van der Waals surface area (Å²) in [5, 5.41) is 6.79. The highest BCUT2D eigenvalue weighted by molar-refractivity contribution is 9.10. The lowest BCUT2D eigenvalue weighted by Crippen LogP contribution is -2.26. The Hall–Kier alpha value is -2.67. The molecule has 6 nitrogen and oxygen atoms in total. The fourth-order valence-corrected chi connectivity index (χ4v) is 2.52. The lowest BCUT2D eigenvalue weighted by molar-refractivity contribution is -0.120. The van der Waals surface area contributed by atoms with Crippen molar-refractivity contribution in [2.24, 2.45) is 5.10 Å². The predicted molar refractivity (Wildman–Crippen MR) is 104 cm³/mol. The number of ether oxygens (including phenoxy) is 1. The smallest absolute Gasteiger partial charge is 0.271 e. The van der Waals surface area contributed by atoms with Gasteiger partial charge >= 0.3 is 0 Å². The van der Waals surface area contributed by atoms with Gasteiger partial charge in [-0.25, -0.2) is 5.43 Å². The number of nitrogens with zero attached hydrogens (tertiary/aromatic N) is 1. The Kier molecular flexibility index (Phi) is 7.35. The molecule has 0 spiro atoms. The van der Waals surface area contributed by atoms with E-state index in [4.69, 9.17) is 4.74 Å². The summed E-state index contributed by atoms with van der Waals surface area (Å²) in [6.07, 6.45) is 0.106. The van der Waals surface area contributed by atoms with E-state index in [9.17, 15) is 9.59 Å². The van der Waals surface area contributed by atoms with Gasteiger partial charge in [-0.3, -0.25) is 9.59 Å². The van der Waals surface area contributed by atoms with Crippen LogP contribution in [0.2, 0.25) is 0 Å². The van der Waals surface area contributed by atoms with Gasteiger partial charge in [0.05, 0.1) is 13.5 Å². The molecule has 0 saturated carbocycles. The Morgan fingerprint density at radius 1 is 1.15 bits per heavy atom. The number of methoxy groups -OCH3 is 1. The molecule has 0 heterocycles. The molecule has 2 aromatic rings. The van der Waals surface area contributed by atoms with Crippen molar-refractivity contribution < 1.29 is 14.3 Å². The highest BCUT2D eigenvalue weighted by Crippen LogP contribution is 2.12. The van der Waals surface area contributed by atoms with Crippen LogP contribution in [0.15, 0.2) is 58.1 Å². The number of rotatable bonds is 7. The number of hydrogen-bond donors (Lipinski definition) is 2. The minimum absolute atomic E-state index is 0.106. The molecule has 0 atom stereocenters. The normalized spacial score (nSPS) is 11.0. The molecular weight excluding hydrogens is 398 g/mol. The van der Waals surface area contributed by atoms with Crippen molar-refractivity contribution in [3.63, 3.8) is 0 Å². The number of nitrogens with one attached hydrogen (secondary N) is 2. The number of halogens is 1. The topological polar surface area (TPSA) is 79.8 Å². The Bertz CT molecular complexity index is 804. The third-order valence-corrected chi connectivity index (χ3v) is 3.99. The SMILES string of the molecule is COc1ccc(CNC(=O)C/C(C)=N\NC(=O)c2cccc(Br)c2)cc1.